The summed E-state index contributed by atoms with van der Waals surface area (Å²) < 4.78 is 10.5. The molecule has 0 amide bonds. The Balaban J connectivity index is 2.27. The quantitative estimate of drug-likeness (QED) is 0.616. The Morgan fingerprint density at radius 1 is 1.30 bits per heavy atom. The third kappa shape index (κ3) is 3.00. The third-order valence-corrected chi connectivity index (χ3v) is 2.63. The fraction of sp³-hybridized carbons (Fsp3) is 0.231. The highest BCUT2D eigenvalue weighted by Crippen LogP contribution is 2.32. The maximum absolute atomic E-state index is 10.8. The predicted molar refractivity (Wildman–Crippen MR) is 71.1 cm³/mol. The van der Waals surface area contributed by atoms with Gasteiger partial charge in [-0.15, -0.1) is 0 Å². The van der Waals surface area contributed by atoms with Crippen molar-refractivity contribution in [2.45, 2.75) is 13.3 Å². The zero-order valence-electron chi connectivity index (χ0n) is 11.1. The number of rotatable bonds is 5. The summed E-state index contributed by atoms with van der Waals surface area (Å²) in [6.07, 6.45) is 2.18. The number of hydrogen-bond acceptors (Lipinski definition) is 6. The van der Waals surface area contributed by atoms with E-state index in [-0.39, 0.29) is 11.4 Å². The molecule has 1 aromatic heterocycles. The van der Waals surface area contributed by atoms with Crippen LogP contribution in [0.4, 0.5) is 5.69 Å². The molecule has 1 aromatic carbocycles. The number of benzene rings is 1. The predicted octanol–water partition coefficient (Wildman–Crippen LogP) is 2.75. The minimum absolute atomic E-state index is 0.114. The summed E-state index contributed by atoms with van der Waals surface area (Å²) in [5.41, 5.74) is 0.737. The lowest BCUT2D eigenvalue weighted by molar-refractivity contribution is -0.385. The average Bonchev–Trinajstić information content (AvgIpc) is 2.47. The molecule has 0 aliphatic rings. The van der Waals surface area contributed by atoms with Crippen molar-refractivity contribution in [1.82, 2.24) is 9.97 Å². The van der Waals surface area contributed by atoms with E-state index in [0.717, 1.165) is 12.1 Å². The van der Waals surface area contributed by atoms with Crippen molar-refractivity contribution < 1.29 is 14.4 Å². The second kappa shape index (κ2) is 5.96. The van der Waals surface area contributed by atoms with Crippen LogP contribution in [0.5, 0.6) is 17.4 Å². The maximum Gasteiger partial charge on any atom is 0.311 e. The topological polar surface area (TPSA) is 87.4 Å². The van der Waals surface area contributed by atoms with Crippen LogP contribution in [0.15, 0.2) is 30.6 Å². The fourth-order valence-corrected chi connectivity index (χ4v) is 1.62. The zero-order valence-corrected chi connectivity index (χ0v) is 11.1. The highest BCUT2D eigenvalue weighted by Gasteiger charge is 2.15. The minimum atomic E-state index is -0.511. The van der Waals surface area contributed by atoms with E-state index in [4.69, 9.17) is 9.47 Å². The molecule has 0 spiro atoms. The van der Waals surface area contributed by atoms with Gasteiger partial charge in [0.25, 0.3) is 0 Å². The van der Waals surface area contributed by atoms with E-state index in [9.17, 15) is 10.1 Å². The van der Waals surface area contributed by atoms with Crippen molar-refractivity contribution in [1.29, 1.82) is 0 Å². The van der Waals surface area contributed by atoms with E-state index < -0.39 is 4.92 Å². The summed E-state index contributed by atoms with van der Waals surface area (Å²) >= 11 is 0. The second-order valence-corrected chi connectivity index (χ2v) is 3.89. The van der Waals surface area contributed by atoms with Crippen LogP contribution in [0.2, 0.25) is 0 Å². The standard InChI is InChI=1S/C13H13N3O4/c1-3-9-6-13(15-8-14-9)20-10-4-5-11(16(17)18)12(7-10)19-2/h4-8H,3H2,1-2H3. The lowest BCUT2D eigenvalue weighted by Gasteiger charge is -2.07. The van der Waals surface area contributed by atoms with Crippen LogP contribution in [-0.2, 0) is 6.42 Å². The third-order valence-electron chi connectivity index (χ3n) is 2.63. The SMILES string of the molecule is CCc1cc(Oc2ccc([N+](=O)[O-])c(OC)c2)ncn1. The summed E-state index contributed by atoms with van der Waals surface area (Å²) in [6, 6.07) is 5.99. The summed E-state index contributed by atoms with van der Waals surface area (Å²) in [4.78, 5) is 18.3. The average molecular weight is 275 g/mol. The number of nitrogens with zero attached hydrogens (tertiary/aromatic N) is 3. The number of hydrogen-bond donors (Lipinski definition) is 0. The van der Waals surface area contributed by atoms with Crippen molar-refractivity contribution in [2.24, 2.45) is 0 Å². The first-order valence-corrected chi connectivity index (χ1v) is 5.95. The largest absolute Gasteiger partial charge is 0.490 e. The molecule has 1 heterocycles. The molecular formula is C13H13N3O4. The molecule has 0 unspecified atom stereocenters. The highest BCUT2D eigenvalue weighted by molar-refractivity contribution is 5.51. The number of nitro groups is 1. The molecule has 2 aromatic rings. The van der Waals surface area contributed by atoms with Gasteiger partial charge in [-0.25, -0.2) is 9.97 Å². The van der Waals surface area contributed by atoms with Gasteiger partial charge in [0, 0.05) is 23.9 Å². The normalized spacial score (nSPS) is 10.1. The van der Waals surface area contributed by atoms with Crippen molar-refractivity contribution >= 4 is 5.69 Å². The molecule has 0 saturated heterocycles. The molecule has 0 fully saturated rings. The number of ether oxygens (including phenoxy) is 2. The van der Waals surface area contributed by atoms with Gasteiger partial charge in [-0.3, -0.25) is 10.1 Å². The molecule has 0 N–H and O–H groups in total. The van der Waals surface area contributed by atoms with Crippen molar-refractivity contribution in [3.05, 3.63) is 46.4 Å². The zero-order chi connectivity index (χ0) is 14.5. The van der Waals surface area contributed by atoms with E-state index in [2.05, 4.69) is 9.97 Å². The Kier molecular flexibility index (Phi) is 4.09. The van der Waals surface area contributed by atoms with Gasteiger partial charge in [-0.2, -0.15) is 0 Å². The first kappa shape index (κ1) is 13.7. The van der Waals surface area contributed by atoms with Gasteiger partial charge in [-0.1, -0.05) is 6.92 Å². The molecule has 0 atom stereocenters. The monoisotopic (exact) mass is 275 g/mol. The molecule has 2 rings (SSSR count). The van der Waals surface area contributed by atoms with Crippen molar-refractivity contribution in [2.75, 3.05) is 7.11 Å². The van der Waals surface area contributed by atoms with Crippen LogP contribution in [0.1, 0.15) is 12.6 Å². The van der Waals surface area contributed by atoms with Gasteiger partial charge in [0.1, 0.15) is 12.1 Å². The van der Waals surface area contributed by atoms with Gasteiger partial charge in [0.2, 0.25) is 11.6 Å². The lowest BCUT2D eigenvalue weighted by atomic mass is 10.3. The van der Waals surface area contributed by atoms with Crippen LogP contribution in [0.3, 0.4) is 0 Å². The minimum Gasteiger partial charge on any atom is -0.490 e. The molecule has 7 nitrogen and oxygen atoms in total. The molecule has 0 radical (unpaired) electrons. The Bertz CT molecular complexity index is 631. The fourth-order valence-electron chi connectivity index (χ4n) is 1.62. The lowest BCUT2D eigenvalue weighted by Crippen LogP contribution is -1.96. The van der Waals surface area contributed by atoms with Crippen molar-refractivity contribution in [3.8, 4) is 17.4 Å². The Hall–Kier alpha value is -2.70. The molecule has 0 bridgehead atoms. The maximum atomic E-state index is 10.8. The Morgan fingerprint density at radius 3 is 2.75 bits per heavy atom. The number of nitro benzene ring substituents is 1. The number of aryl methyl sites for hydroxylation is 1. The first-order valence-electron chi connectivity index (χ1n) is 5.95. The van der Waals surface area contributed by atoms with E-state index >= 15 is 0 Å². The number of aromatic nitrogens is 2. The van der Waals surface area contributed by atoms with Crippen molar-refractivity contribution in [3.63, 3.8) is 0 Å². The Labute approximate surface area is 115 Å². The summed E-state index contributed by atoms with van der Waals surface area (Å²) in [7, 11) is 1.37. The first-order chi connectivity index (χ1) is 9.63. The molecular weight excluding hydrogens is 262 g/mol. The van der Waals surface area contributed by atoms with Gasteiger partial charge >= 0.3 is 5.69 Å². The van der Waals surface area contributed by atoms with E-state index in [1.165, 1.54) is 31.6 Å². The van der Waals surface area contributed by atoms with Gasteiger partial charge in [0.05, 0.1) is 12.0 Å². The summed E-state index contributed by atoms with van der Waals surface area (Å²) in [5.74, 6) is 0.929. The van der Waals surface area contributed by atoms with E-state index in [1.807, 2.05) is 6.92 Å². The highest BCUT2D eigenvalue weighted by atomic mass is 16.6. The van der Waals surface area contributed by atoms with Gasteiger partial charge in [-0.05, 0) is 12.5 Å². The molecule has 0 aliphatic heterocycles. The van der Waals surface area contributed by atoms with E-state index in [0.29, 0.717) is 11.6 Å². The van der Waals surface area contributed by atoms with Gasteiger partial charge < -0.3 is 9.47 Å². The molecule has 7 heteroatoms. The van der Waals surface area contributed by atoms with Crippen LogP contribution < -0.4 is 9.47 Å². The van der Waals surface area contributed by atoms with Crippen LogP contribution >= 0.6 is 0 Å². The van der Waals surface area contributed by atoms with Crippen LogP contribution in [0.25, 0.3) is 0 Å². The molecule has 104 valence electrons. The Morgan fingerprint density at radius 2 is 2.10 bits per heavy atom. The molecule has 20 heavy (non-hydrogen) atoms. The number of methoxy groups -OCH3 is 1. The van der Waals surface area contributed by atoms with Gasteiger partial charge in [0.15, 0.2) is 0 Å². The molecule has 0 aliphatic carbocycles. The smallest absolute Gasteiger partial charge is 0.311 e. The summed E-state index contributed by atoms with van der Waals surface area (Å²) in [5, 5.41) is 10.8. The second-order valence-electron chi connectivity index (χ2n) is 3.89. The van der Waals surface area contributed by atoms with Crippen LogP contribution in [0, 0.1) is 10.1 Å². The van der Waals surface area contributed by atoms with Crippen LogP contribution in [-0.4, -0.2) is 22.0 Å². The summed E-state index contributed by atoms with van der Waals surface area (Å²) in [6.45, 7) is 1.97. The van der Waals surface area contributed by atoms with E-state index in [1.54, 1.807) is 6.07 Å². The molecule has 0 saturated carbocycles.